The summed E-state index contributed by atoms with van der Waals surface area (Å²) in [6, 6.07) is 0. The highest BCUT2D eigenvalue weighted by atomic mass is 127. The maximum Gasteiger partial charge on any atom is 0.191 e. The van der Waals surface area contributed by atoms with Crippen LogP contribution in [0.1, 0.15) is 45.4 Å². The first-order chi connectivity index (χ1) is 9.25. The molecule has 2 aliphatic heterocycles. The molecule has 0 aromatic carbocycles. The lowest BCUT2D eigenvalue weighted by atomic mass is 9.99. The van der Waals surface area contributed by atoms with Crippen LogP contribution >= 0.6 is 24.0 Å². The Bertz CT molecular complexity index is 282. The van der Waals surface area contributed by atoms with Crippen LogP contribution in [-0.2, 0) is 0 Å². The van der Waals surface area contributed by atoms with Crippen molar-refractivity contribution in [2.75, 3.05) is 39.3 Å². The van der Waals surface area contributed by atoms with Gasteiger partial charge in [-0.25, -0.2) is 0 Å². The van der Waals surface area contributed by atoms with Crippen LogP contribution in [0.3, 0.4) is 0 Å². The molecule has 0 spiro atoms. The molecular weight excluding hydrogens is 363 g/mol. The molecule has 0 bridgehead atoms. The molecule has 0 amide bonds. The van der Waals surface area contributed by atoms with E-state index in [1.807, 2.05) is 0 Å². The van der Waals surface area contributed by atoms with Gasteiger partial charge in [-0.15, -0.1) is 24.0 Å². The van der Waals surface area contributed by atoms with Gasteiger partial charge >= 0.3 is 0 Å². The lowest BCUT2D eigenvalue weighted by Gasteiger charge is -2.30. The third kappa shape index (κ3) is 6.16. The Morgan fingerprint density at radius 1 is 1.10 bits per heavy atom. The third-order valence-electron chi connectivity index (χ3n) is 4.46. The zero-order valence-corrected chi connectivity index (χ0v) is 15.2. The highest BCUT2D eigenvalue weighted by Crippen LogP contribution is 2.15. The first-order valence-corrected chi connectivity index (χ1v) is 8.03. The Morgan fingerprint density at radius 3 is 2.40 bits per heavy atom. The van der Waals surface area contributed by atoms with E-state index in [0.29, 0.717) is 0 Å². The number of aliphatic imine (C=N–C) groups is 1. The van der Waals surface area contributed by atoms with Gasteiger partial charge in [0.1, 0.15) is 0 Å². The fourth-order valence-electron chi connectivity index (χ4n) is 3.00. The molecule has 4 nitrogen and oxygen atoms in total. The molecule has 0 aromatic heterocycles. The summed E-state index contributed by atoms with van der Waals surface area (Å²) in [5, 5.41) is 0. The summed E-state index contributed by atoms with van der Waals surface area (Å²) in [5.41, 5.74) is 6.05. The van der Waals surface area contributed by atoms with E-state index in [2.05, 4.69) is 21.7 Å². The number of hydrogen-bond acceptors (Lipinski definition) is 2. The van der Waals surface area contributed by atoms with Crippen LogP contribution in [0.15, 0.2) is 4.99 Å². The van der Waals surface area contributed by atoms with Crippen molar-refractivity contribution in [2.45, 2.75) is 45.4 Å². The molecule has 0 radical (unpaired) electrons. The molecule has 2 aliphatic rings. The molecule has 20 heavy (non-hydrogen) atoms. The zero-order chi connectivity index (χ0) is 13.5. The van der Waals surface area contributed by atoms with Crippen molar-refractivity contribution in [3.63, 3.8) is 0 Å². The molecule has 0 aromatic rings. The molecule has 0 saturated carbocycles. The van der Waals surface area contributed by atoms with Gasteiger partial charge in [-0.2, -0.15) is 0 Å². The SMILES string of the molecule is CC1CCN(CCCN=C(N)N2CCCCC2)CC1.I. The summed E-state index contributed by atoms with van der Waals surface area (Å²) in [4.78, 5) is 9.36. The Balaban J connectivity index is 0.00000200. The Hall–Kier alpha value is -0.0400. The van der Waals surface area contributed by atoms with Gasteiger partial charge in [-0.05, 0) is 64.1 Å². The van der Waals surface area contributed by atoms with E-state index in [9.17, 15) is 0 Å². The van der Waals surface area contributed by atoms with Crippen molar-refractivity contribution < 1.29 is 0 Å². The van der Waals surface area contributed by atoms with Gasteiger partial charge in [0.05, 0.1) is 0 Å². The van der Waals surface area contributed by atoms with Gasteiger partial charge in [0.15, 0.2) is 5.96 Å². The number of halogens is 1. The quantitative estimate of drug-likeness (QED) is 0.345. The average Bonchev–Trinajstić information content (AvgIpc) is 2.46. The van der Waals surface area contributed by atoms with Gasteiger partial charge in [0.2, 0.25) is 0 Å². The predicted octanol–water partition coefficient (Wildman–Crippen LogP) is 2.53. The number of likely N-dealkylation sites (tertiary alicyclic amines) is 2. The average molecular weight is 394 g/mol. The molecule has 2 saturated heterocycles. The van der Waals surface area contributed by atoms with Crippen molar-refractivity contribution >= 4 is 29.9 Å². The minimum atomic E-state index is 0. The zero-order valence-electron chi connectivity index (χ0n) is 12.9. The van der Waals surface area contributed by atoms with Crippen molar-refractivity contribution in [3.05, 3.63) is 0 Å². The molecule has 0 atom stereocenters. The normalized spacial score (nSPS) is 22.6. The van der Waals surface area contributed by atoms with Crippen LogP contribution in [0, 0.1) is 5.92 Å². The summed E-state index contributed by atoms with van der Waals surface area (Å²) >= 11 is 0. The van der Waals surface area contributed by atoms with Crippen LogP contribution in [-0.4, -0.2) is 55.0 Å². The van der Waals surface area contributed by atoms with Crippen LogP contribution in [0.4, 0.5) is 0 Å². The van der Waals surface area contributed by atoms with E-state index in [0.717, 1.165) is 37.9 Å². The summed E-state index contributed by atoms with van der Waals surface area (Å²) in [6.07, 6.45) is 7.74. The second kappa shape index (κ2) is 9.82. The number of nitrogens with two attached hydrogens (primary N) is 1. The third-order valence-corrected chi connectivity index (χ3v) is 4.46. The number of rotatable bonds is 4. The second-order valence-electron chi connectivity index (χ2n) is 6.17. The molecule has 2 rings (SSSR count). The van der Waals surface area contributed by atoms with E-state index in [1.54, 1.807) is 0 Å². The van der Waals surface area contributed by atoms with Crippen molar-refractivity contribution in [3.8, 4) is 0 Å². The maximum atomic E-state index is 6.05. The standard InChI is InChI=1S/C15H30N4.HI/c1-14-6-12-18(13-7-14)9-5-8-17-15(16)19-10-3-2-4-11-19;/h14H,2-13H2,1H3,(H2,16,17);1H. The van der Waals surface area contributed by atoms with Crippen molar-refractivity contribution in [1.82, 2.24) is 9.80 Å². The lowest BCUT2D eigenvalue weighted by Crippen LogP contribution is -2.41. The topological polar surface area (TPSA) is 44.9 Å². The second-order valence-corrected chi connectivity index (χ2v) is 6.17. The Morgan fingerprint density at radius 2 is 1.75 bits per heavy atom. The summed E-state index contributed by atoms with van der Waals surface area (Å²) < 4.78 is 0. The number of hydrogen-bond donors (Lipinski definition) is 1. The Labute approximate surface area is 141 Å². The van der Waals surface area contributed by atoms with E-state index < -0.39 is 0 Å². The minimum Gasteiger partial charge on any atom is -0.370 e. The monoisotopic (exact) mass is 394 g/mol. The summed E-state index contributed by atoms with van der Waals surface area (Å²) in [5.74, 6) is 1.69. The molecule has 118 valence electrons. The van der Waals surface area contributed by atoms with E-state index in [1.165, 1.54) is 51.7 Å². The first kappa shape index (κ1) is 18.0. The molecule has 5 heteroatoms. The van der Waals surface area contributed by atoms with Gasteiger partial charge < -0.3 is 15.5 Å². The molecule has 0 aliphatic carbocycles. The minimum absolute atomic E-state index is 0. The fraction of sp³-hybridized carbons (Fsp3) is 0.933. The molecule has 2 heterocycles. The van der Waals surface area contributed by atoms with E-state index >= 15 is 0 Å². The predicted molar refractivity (Wildman–Crippen MR) is 96.8 cm³/mol. The van der Waals surface area contributed by atoms with Gasteiger partial charge in [-0.3, -0.25) is 4.99 Å². The number of piperidine rings is 2. The molecule has 0 unspecified atom stereocenters. The van der Waals surface area contributed by atoms with E-state index in [-0.39, 0.29) is 24.0 Å². The fourth-order valence-corrected chi connectivity index (χ4v) is 3.00. The molecule has 2 N–H and O–H groups in total. The maximum absolute atomic E-state index is 6.05. The van der Waals surface area contributed by atoms with Crippen LogP contribution in [0.25, 0.3) is 0 Å². The van der Waals surface area contributed by atoms with Crippen LogP contribution in [0.2, 0.25) is 0 Å². The smallest absolute Gasteiger partial charge is 0.191 e. The number of guanidine groups is 1. The van der Waals surface area contributed by atoms with Crippen molar-refractivity contribution in [2.24, 2.45) is 16.6 Å². The Kier molecular flexibility index (Phi) is 8.84. The van der Waals surface area contributed by atoms with Crippen LogP contribution < -0.4 is 5.73 Å². The summed E-state index contributed by atoms with van der Waals surface area (Å²) in [6.45, 7) is 9.16. The lowest BCUT2D eigenvalue weighted by molar-refractivity contribution is 0.191. The highest BCUT2D eigenvalue weighted by Gasteiger charge is 2.15. The molecule has 2 fully saturated rings. The van der Waals surface area contributed by atoms with Gasteiger partial charge in [-0.1, -0.05) is 6.92 Å². The van der Waals surface area contributed by atoms with Gasteiger partial charge in [0, 0.05) is 19.6 Å². The van der Waals surface area contributed by atoms with Gasteiger partial charge in [0.25, 0.3) is 0 Å². The summed E-state index contributed by atoms with van der Waals surface area (Å²) in [7, 11) is 0. The molecular formula is C15H31IN4. The van der Waals surface area contributed by atoms with E-state index in [4.69, 9.17) is 5.73 Å². The first-order valence-electron chi connectivity index (χ1n) is 8.03. The largest absolute Gasteiger partial charge is 0.370 e. The van der Waals surface area contributed by atoms with Crippen molar-refractivity contribution in [1.29, 1.82) is 0 Å². The highest BCUT2D eigenvalue weighted by molar-refractivity contribution is 14.0. The van der Waals surface area contributed by atoms with Crippen LogP contribution in [0.5, 0.6) is 0 Å². The number of nitrogens with zero attached hydrogens (tertiary/aromatic N) is 3.